The molecule has 1 fully saturated rings. The van der Waals surface area contributed by atoms with Crippen LogP contribution in [0.25, 0.3) is 0 Å². The lowest BCUT2D eigenvalue weighted by atomic mass is 10.2. The van der Waals surface area contributed by atoms with Crippen LogP contribution in [0.5, 0.6) is 5.75 Å². The molecule has 0 saturated carbocycles. The first-order valence-electron chi connectivity index (χ1n) is 9.64. The second-order valence-corrected chi connectivity index (χ2v) is 8.07. The summed E-state index contributed by atoms with van der Waals surface area (Å²) < 4.78 is 5.10. The van der Waals surface area contributed by atoms with E-state index in [1.54, 1.807) is 0 Å². The Labute approximate surface area is 192 Å². The Morgan fingerprint density at radius 2 is 1.70 bits per heavy atom. The molecule has 3 rings (SSSR count). The molecule has 0 aliphatic carbocycles. The van der Waals surface area contributed by atoms with Gasteiger partial charge in [-0.05, 0) is 55.2 Å². The largest absolute Gasteiger partial charge is 0.494 e. The third-order valence-electron chi connectivity index (χ3n) is 5.00. The quantitative estimate of drug-likeness (QED) is 0.641. The number of piperazine rings is 1. The summed E-state index contributed by atoms with van der Waals surface area (Å²) >= 11 is 17.5. The molecule has 0 spiro atoms. The number of amides is 1. The van der Waals surface area contributed by atoms with E-state index in [2.05, 4.69) is 39.5 Å². The number of nitrogens with zero attached hydrogens (tertiary/aromatic N) is 2. The van der Waals surface area contributed by atoms with E-state index in [0.717, 1.165) is 38.4 Å². The molecule has 1 amide bonds. The summed E-state index contributed by atoms with van der Waals surface area (Å²) in [4.78, 5) is 17.3. The highest BCUT2D eigenvalue weighted by Crippen LogP contribution is 2.33. The second kappa shape index (κ2) is 10.3. The third kappa shape index (κ3) is 5.55. The maximum Gasteiger partial charge on any atom is 0.257 e. The van der Waals surface area contributed by atoms with Gasteiger partial charge in [0.2, 0.25) is 0 Å². The van der Waals surface area contributed by atoms with Gasteiger partial charge in [0.05, 0.1) is 17.2 Å². The fourth-order valence-corrected chi connectivity index (χ4v) is 4.15. The zero-order chi connectivity index (χ0) is 21.7. The lowest BCUT2D eigenvalue weighted by Gasteiger charge is -2.35. The molecule has 160 valence electrons. The minimum Gasteiger partial charge on any atom is -0.494 e. The molecule has 30 heavy (non-hydrogen) atoms. The number of halogens is 2. The summed E-state index contributed by atoms with van der Waals surface area (Å²) in [6.07, 6.45) is 0. The van der Waals surface area contributed by atoms with Gasteiger partial charge in [0.25, 0.3) is 5.91 Å². The number of likely N-dealkylation sites (N-methyl/N-ethyl adjacent to an activating group) is 1. The summed E-state index contributed by atoms with van der Waals surface area (Å²) in [6.45, 7) is 7.46. The van der Waals surface area contributed by atoms with Gasteiger partial charge in [-0.25, -0.2) is 0 Å². The first-order chi connectivity index (χ1) is 14.4. The van der Waals surface area contributed by atoms with Crippen molar-refractivity contribution in [1.82, 2.24) is 10.2 Å². The number of rotatable bonds is 5. The Morgan fingerprint density at radius 3 is 2.23 bits per heavy atom. The van der Waals surface area contributed by atoms with Crippen LogP contribution in [0.3, 0.4) is 0 Å². The molecule has 1 aliphatic heterocycles. The predicted octanol–water partition coefficient (Wildman–Crippen LogP) is 4.27. The van der Waals surface area contributed by atoms with Gasteiger partial charge in [-0.15, -0.1) is 0 Å². The van der Waals surface area contributed by atoms with Crippen LogP contribution in [0, 0.1) is 0 Å². The second-order valence-electron chi connectivity index (χ2n) is 6.85. The Bertz CT molecular complexity index is 893. The van der Waals surface area contributed by atoms with E-state index in [9.17, 15) is 4.79 Å². The van der Waals surface area contributed by atoms with Crippen molar-refractivity contribution in [2.24, 2.45) is 0 Å². The maximum atomic E-state index is 12.5. The number of benzene rings is 2. The van der Waals surface area contributed by atoms with Gasteiger partial charge in [0.1, 0.15) is 0 Å². The molecule has 2 aromatic carbocycles. The molecule has 0 bridgehead atoms. The molecule has 9 heteroatoms. The summed E-state index contributed by atoms with van der Waals surface area (Å²) in [5.74, 6) is -0.0869. The Hall–Kier alpha value is -2.06. The lowest BCUT2D eigenvalue weighted by molar-refractivity contribution is 0.0977. The SMILES string of the molecule is CCN1CCN(c2ccc(NC(=S)NC(=O)c3cc(Cl)c(OC)c(Cl)c3)cc2)CC1. The topological polar surface area (TPSA) is 56.8 Å². The molecule has 2 N–H and O–H groups in total. The molecule has 0 atom stereocenters. The smallest absolute Gasteiger partial charge is 0.257 e. The highest BCUT2D eigenvalue weighted by molar-refractivity contribution is 7.80. The monoisotopic (exact) mass is 466 g/mol. The zero-order valence-corrected chi connectivity index (χ0v) is 19.2. The van der Waals surface area contributed by atoms with Crippen molar-refractivity contribution in [3.05, 3.63) is 52.0 Å². The number of carbonyl (C=O) groups is 1. The minimum atomic E-state index is -0.413. The maximum absolute atomic E-state index is 12.5. The van der Waals surface area contributed by atoms with Gasteiger partial charge in [0.15, 0.2) is 10.9 Å². The summed E-state index contributed by atoms with van der Waals surface area (Å²) in [6, 6.07) is 11.0. The van der Waals surface area contributed by atoms with Crippen LogP contribution >= 0.6 is 35.4 Å². The molecule has 0 aromatic heterocycles. The first kappa shape index (κ1) is 22.6. The van der Waals surface area contributed by atoms with Crippen molar-refractivity contribution >= 4 is 57.8 Å². The van der Waals surface area contributed by atoms with Crippen LogP contribution in [-0.2, 0) is 0 Å². The van der Waals surface area contributed by atoms with E-state index in [1.165, 1.54) is 24.9 Å². The molecule has 0 radical (unpaired) electrons. The van der Waals surface area contributed by atoms with Gasteiger partial charge in [-0.3, -0.25) is 10.1 Å². The van der Waals surface area contributed by atoms with Crippen molar-refractivity contribution < 1.29 is 9.53 Å². The number of hydrogen-bond acceptors (Lipinski definition) is 5. The summed E-state index contributed by atoms with van der Waals surface area (Å²) in [5.41, 5.74) is 2.26. The van der Waals surface area contributed by atoms with Crippen LogP contribution in [0.2, 0.25) is 10.0 Å². The van der Waals surface area contributed by atoms with E-state index in [0.29, 0.717) is 5.75 Å². The summed E-state index contributed by atoms with van der Waals surface area (Å²) in [7, 11) is 1.46. The highest BCUT2D eigenvalue weighted by atomic mass is 35.5. The van der Waals surface area contributed by atoms with Crippen LogP contribution in [0.4, 0.5) is 11.4 Å². The molecule has 1 heterocycles. The van der Waals surface area contributed by atoms with Gasteiger partial charge in [-0.2, -0.15) is 0 Å². The Balaban J connectivity index is 1.57. The Kier molecular flexibility index (Phi) is 7.77. The molecular weight excluding hydrogens is 443 g/mol. The zero-order valence-electron chi connectivity index (χ0n) is 16.9. The van der Waals surface area contributed by atoms with Crippen LogP contribution in [0.1, 0.15) is 17.3 Å². The Morgan fingerprint density at radius 1 is 1.10 bits per heavy atom. The lowest BCUT2D eigenvalue weighted by Crippen LogP contribution is -2.46. The fourth-order valence-electron chi connectivity index (χ4n) is 3.30. The molecule has 2 aromatic rings. The standard InChI is InChI=1S/C21H24Cl2N4O2S/c1-3-26-8-10-27(11-9-26)16-6-4-15(5-7-16)24-21(30)25-20(28)14-12-17(22)19(29-2)18(23)13-14/h4-7,12-13H,3,8-11H2,1-2H3,(H2,24,25,28,30). The van der Waals surface area contributed by atoms with E-state index < -0.39 is 5.91 Å². The number of hydrogen-bond donors (Lipinski definition) is 2. The van der Waals surface area contributed by atoms with E-state index >= 15 is 0 Å². The molecule has 0 unspecified atom stereocenters. The fraction of sp³-hybridized carbons (Fsp3) is 0.333. The van der Waals surface area contributed by atoms with Gasteiger partial charge in [-0.1, -0.05) is 30.1 Å². The summed E-state index contributed by atoms with van der Waals surface area (Å²) in [5, 5.41) is 6.35. The van der Waals surface area contributed by atoms with Crippen LogP contribution in [-0.4, -0.2) is 55.8 Å². The van der Waals surface area contributed by atoms with Gasteiger partial charge in [0, 0.05) is 43.1 Å². The van der Waals surface area contributed by atoms with Crippen molar-refractivity contribution in [3.8, 4) is 5.75 Å². The van der Waals surface area contributed by atoms with Crippen molar-refractivity contribution in [1.29, 1.82) is 0 Å². The third-order valence-corrected chi connectivity index (χ3v) is 5.77. The molecular formula is C21H24Cl2N4O2S. The number of carbonyl (C=O) groups excluding carboxylic acids is 1. The molecule has 1 saturated heterocycles. The van der Waals surface area contributed by atoms with E-state index in [1.807, 2.05) is 12.1 Å². The van der Waals surface area contributed by atoms with E-state index in [4.69, 9.17) is 40.2 Å². The van der Waals surface area contributed by atoms with Crippen LogP contribution in [0.15, 0.2) is 36.4 Å². The van der Waals surface area contributed by atoms with Gasteiger partial charge < -0.3 is 19.9 Å². The van der Waals surface area contributed by atoms with Crippen LogP contribution < -0.4 is 20.3 Å². The van der Waals surface area contributed by atoms with Crippen molar-refractivity contribution in [2.45, 2.75) is 6.92 Å². The number of nitrogens with one attached hydrogen (secondary N) is 2. The predicted molar refractivity (Wildman–Crippen MR) is 127 cm³/mol. The molecule has 1 aliphatic rings. The highest BCUT2D eigenvalue weighted by Gasteiger charge is 2.16. The average molecular weight is 467 g/mol. The van der Waals surface area contributed by atoms with E-state index in [-0.39, 0.29) is 20.7 Å². The normalized spacial score (nSPS) is 14.3. The number of ether oxygens (including phenoxy) is 1. The molecule has 6 nitrogen and oxygen atoms in total. The minimum absolute atomic E-state index is 0.187. The average Bonchev–Trinajstić information content (AvgIpc) is 2.74. The number of anilines is 2. The van der Waals surface area contributed by atoms with Crippen molar-refractivity contribution in [3.63, 3.8) is 0 Å². The number of thiocarbonyl (C=S) groups is 1. The number of methoxy groups -OCH3 is 1. The first-order valence-corrected chi connectivity index (χ1v) is 10.8. The van der Waals surface area contributed by atoms with Gasteiger partial charge >= 0.3 is 0 Å². The van der Waals surface area contributed by atoms with Crippen molar-refractivity contribution in [2.75, 3.05) is 50.1 Å².